The zero-order chi connectivity index (χ0) is 19.1. The highest BCUT2D eigenvalue weighted by Gasteiger charge is 2.07. The molecule has 0 radical (unpaired) electrons. The molecule has 0 aliphatic heterocycles. The van der Waals surface area contributed by atoms with Crippen molar-refractivity contribution >= 4 is 29.0 Å². The molecule has 2 aromatic rings. The molecule has 0 saturated heterocycles. The Kier molecular flexibility index (Phi) is 6.77. The molecule has 2 rings (SSSR count). The minimum atomic E-state index is -0.294. The molecule has 7 nitrogen and oxygen atoms in total. The fraction of sp³-hybridized carbons (Fsp3) is 0.421. The third kappa shape index (κ3) is 5.34. The zero-order valence-electron chi connectivity index (χ0n) is 16.1. The molecule has 140 valence electrons. The summed E-state index contributed by atoms with van der Waals surface area (Å²) in [5.41, 5.74) is 3.32. The number of benzene rings is 1. The molecule has 0 spiro atoms. The molecule has 1 heterocycles. The fourth-order valence-electron chi connectivity index (χ4n) is 2.59. The van der Waals surface area contributed by atoms with E-state index < -0.39 is 0 Å². The predicted octanol–water partition coefficient (Wildman–Crippen LogP) is 3.90. The highest BCUT2D eigenvalue weighted by Crippen LogP contribution is 2.25. The predicted molar refractivity (Wildman–Crippen MR) is 107 cm³/mol. The summed E-state index contributed by atoms with van der Waals surface area (Å²) in [5, 5.41) is 16.8. The van der Waals surface area contributed by atoms with E-state index in [-0.39, 0.29) is 12.1 Å². The van der Waals surface area contributed by atoms with Crippen LogP contribution in [0.3, 0.4) is 0 Å². The van der Waals surface area contributed by atoms with E-state index in [9.17, 15) is 4.79 Å². The molecule has 3 N–H and O–H groups in total. The van der Waals surface area contributed by atoms with Crippen LogP contribution < -0.4 is 20.9 Å². The maximum atomic E-state index is 11.7. The van der Waals surface area contributed by atoms with Crippen LogP contribution in [0.2, 0.25) is 0 Å². The maximum absolute atomic E-state index is 11.7. The first-order valence-electron chi connectivity index (χ1n) is 8.96. The van der Waals surface area contributed by atoms with E-state index in [2.05, 4.69) is 64.0 Å². The van der Waals surface area contributed by atoms with Crippen LogP contribution in [-0.4, -0.2) is 35.4 Å². The third-order valence-electron chi connectivity index (χ3n) is 3.93. The molecular formula is C19H28N6O. The van der Waals surface area contributed by atoms with Crippen molar-refractivity contribution in [2.24, 2.45) is 0 Å². The lowest BCUT2D eigenvalue weighted by molar-refractivity contribution is 0.250. The van der Waals surface area contributed by atoms with Crippen LogP contribution in [0.25, 0.3) is 0 Å². The molecule has 2 amide bonds. The van der Waals surface area contributed by atoms with Gasteiger partial charge in [0.05, 0.1) is 0 Å². The number of hydrogen-bond acceptors (Lipinski definition) is 5. The van der Waals surface area contributed by atoms with Crippen molar-refractivity contribution in [3.8, 4) is 0 Å². The number of nitrogens with zero attached hydrogens (tertiary/aromatic N) is 3. The molecule has 0 aliphatic carbocycles. The Morgan fingerprint density at radius 2 is 1.73 bits per heavy atom. The van der Waals surface area contributed by atoms with Gasteiger partial charge in [0.25, 0.3) is 0 Å². The van der Waals surface area contributed by atoms with Crippen LogP contribution in [0.1, 0.15) is 33.3 Å². The zero-order valence-corrected chi connectivity index (χ0v) is 16.1. The molecule has 0 bridgehead atoms. The number of aromatic nitrogens is 2. The molecule has 0 fully saturated rings. The fourth-order valence-corrected chi connectivity index (χ4v) is 2.59. The number of amides is 2. The van der Waals surface area contributed by atoms with Crippen LogP contribution in [0, 0.1) is 6.92 Å². The van der Waals surface area contributed by atoms with Gasteiger partial charge in [0.1, 0.15) is 0 Å². The highest BCUT2D eigenvalue weighted by molar-refractivity contribution is 5.88. The van der Waals surface area contributed by atoms with E-state index in [1.807, 2.05) is 19.9 Å². The Hall–Kier alpha value is -2.83. The van der Waals surface area contributed by atoms with E-state index in [1.165, 1.54) is 5.69 Å². The number of carbonyl (C=O) groups is 1. The van der Waals surface area contributed by atoms with Crippen molar-refractivity contribution in [3.63, 3.8) is 0 Å². The van der Waals surface area contributed by atoms with Gasteiger partial charge in [-0.25, -0.2) is 4.79 Å². The molecule has 0 aliphatic rings. The van der Waals surface area contributed by atoms with Crippen molar-refractivity contribution in [2.75, 3.05) is 28.6 Å². The number of carbonyl (C=O) groups excluding carboxylic acids is 1. The van der Waals surface area contributed by atoms with Gasteiger partial charge >= 0.3 is 6.03 Å². The quantitative estimate of drug-likeness (QED) is 0.701. The van der Waals surface area contributed by atoms with Crippen molar-refractivity contribution in [3.05, 3.63) is 35.9 Å². The largest absolute Gasteiger partial charge is 0.372 e. The van der Waals surface area contributed by atoms with Crippen LogP contribution in [0.5, 0.6) is 0 Å². The smallest absolute Gasteiger partial charge is 0.320 e. The third-order valence-corrected chi connectivity index (χ3v) is 3.93. The monoisotopic (exact) mass is 356 g/mol. The summed E-state index contributed by atoms with van der Waals surface area (Å²) in [7, 11) is 0. The van der Waals surface area contributed by atoms with E-state index in [0.29, 0.717) is 11.6 Å². The summed E-state index contributed by atoms with van der Waals surface area (Å²) >= 11 is 0. The topological polar surface area (TPSA) is 82.2 Å². The number of rotatable bonds is 7. The highest BCUT2D eigenvalue weighted by atomic mass is 16.2. The number of hydrogen-bond donors (Lipinski definition) is 3. The first-order chi connectivity index (χ1) is 12.4. The van der Waals surface area contributed by atoms with Crippen molar-refractivity contribution in [2.45, 2.75) is 40.7 Å². The van der Waals surface area contributed by atoms with E-state index in [4.69, 9.17) is 0 Å². The second-order valence-electron chi connectivity index (χ2n) is 6.35. The number of urea groups is 1. The van der Waals surface area contributed by atoms with Crippen LogP contribution in [0.4, 0.5) is 27.8 Å². The second kappa shape index (κ2) is 9.03. The molecule has 0 atom stereocenters. The maximum Gasteiger partial charge on any atom is 0.320 e. The summed E-state index contributed by atoms with van der Waals surface area (Å²) in [6.45, 7) is 12.1. The Morgan fingerprint density at radius 1 is 1.08 bits per heavy atom. The molecule has 7 heteroatoms. The second-order valence-corrected chi connectivity index (χ2v) is 6.35. The summed E-state index contributed by atoms with van der Waals surface area (Å²) < 4.78 is 0. The van der Waals surface area contributed by atoms with Crippen LogP contribution in [-0.2, 0) is 0 Å². The summed E-state index contributed by atoms with van der Waals surface area (Å²) in [5.74, 6) is 1.03. The Balaban J connectivity index is 2.03. The summed E-state index contributed by atoms with van der Waals surface area (Å²) in [6, 6.07) is 9.58. The Morgan fingerprint density at radius 3 is 2.27 bits per heavy atom. The van der Waals surface area contributed by atoms with Crippen molar-refractivity contribution in [1.29, 1.82) is 0 Å². The van der Waals surface area contributed by atoms with Gasteiger partial charge in [-0.2, -0.15) is 0 Å². The molecule has 26 heavy (non-hydrogen) atoms. The van der Waals surface area contributed by atoms with Gasteiger partial charge < -0.3 is 15.5 Å². The van der Waals surface area contributed by atoms with Gasteiger partial charge in [0.15, 0.2) is 11.6 Å². The first-order valence-corrected chi connectivity index (χ1v) is 8.96. The lowest BCUT2D eigenvalue weighted by Crippen LogP contribution is -2.34. The molecule has 0 unspecified atom stereocenters. The van der Waals surface area contributed by atoms with Gasteiger partial charge in [-0.05, 0) is 70.5 Å². The van der Waals surface area contributed by atoms with E-state index in [0.717, 1.165) is 24.3 Å². The molecule has 1 aromatic carbocycles. The van der Waals surface area contributed by atoms with Crippen LogP contribution >= 0.6 is 0 Å². The SMILES string of the molecule is CCN(CC)c1ccc(Nc2ccc(NC(=O)NC(C)C)nn2)c(C)c1. The summed E-state index contributed by atoms with van der Waals surface area (Å²) in [4.78, 5) is 14.0. The average molecular weight is 356 g/mol. The average Bonchev–Trinajstić information content (AvgIpc) is 2.59. The summed E-state index contributed by atoms with van der Waals surface area (Å²) in [6.07, 6.45) is 0. The van der Waals surface area contributed by atoms with Gasteiger partial charge in [0, 0.05) is 30.5 Å². The number of aryl methyl sites for hydroxylation is 1. The molecule has 1 aromatic heterocycles. The van der Waals surface area contributed by atoms with E-state index in [1.54, 1.807) is 12.1 Å². The Labute approximate surface area is 155 Å². The van der Waals surface area contributed by atoms with Crippen molar-refractivity contribution < 1.29 is 4.79 Å². The van der Waals surface area contributed by atoms with Crippen LogP contribution in [0.15, 0.2) is 30.3 Å². The normalized spacial score (nSPS) is 10.5. The van der Waals surface area contributed by atoms with E-state index >= 15 is 0 Å². The lowest BCUT2D eigenvalue weighted by Gasteiger charge is -2.22. The first kappa shape index (κ1) is 19.5. The van der Waals surface area contributed by atoms with Gasteiger partial charge in [-0.15, -0.1) is 10.2 Å². The minimum absolute atomic E-state index is 0.0613. The lowest BCUT2D eigenvalue weighted by atomic mass is 10.1. The molecular weight excluding hydrogens is 328 g/mol. The van der Waals surface area contributed by atoms with Gasteiger partial charge in [-0.3, -0.25) is 5.32 Å². The van der Waals surface area contributed by atoms with Crippen molar-refractivity contribution in [1.82, 2.24) is 15.5 Å². The molecule has 0 saturated carbocycles. The standard InChI is InChI=1S/C19H28N6O/c1-6-25(7-2)15-8-9-16(14(5)12-15)21-17-10-11-18(24-23-17)22-19(26)20-13(3)4/h8-13H,6-7H2,1-5H3,(H,21,23)(H2,20,22,24,26). The number of anilines is 4. The van der Waals surface area contributed by atoms with Gasteiger partial charge in [0.2, 0.25) is 0 Å². The van der Waals surface area contributed by atoms with Gasteiger partial charge in [-0.1, -0.05) is 0 Å². The number of nitrogens with one attached hydrogen (secondary N) is 3. The minimum Gasteiger partial charge on any atom is -0.372 e. The Bertz CT molecular complexity index is 725.